The number of aliphatic imine (C=N–C) groups is 1. The molecule has 2 heterocycles. The molecule has 2 aromatic heterocycles. The molecule has 0 bridgehead atoms. The van der Waals surface area contributed by atoms with E-state index in [0.29, 0.717) is 6.54 Å². The van der Waals surface area contributed by atoms with Crippen LogP contribution >= 0.6 is 0 Å². The Kier molecular flexibility index (Phi) is 6.31. The summed E-state index contributed by atoms with van der Waals surface area (Å²) in [5, 5.41) is 16.6. The Hall–Kier alpha value is -3.61. The van der Waals surface area contributed by atoms with Gasteiger partial charge in [-0.05, 0) is 36.9 Å². The molecule has 0 spiro atoms. The second-order valence-electron chi connectivity index (χ2n) is 7.72. The van der Waals surface area contributed by atoms with Gasteiger partial charge in [-0.15, -0.1) is 10.2 Å². The average molecular weight is 416 g/mol. The van der Waals surface area contributed by atoms with Crippen LogP contribution in [0, 0.1) is 6.92 Å². The number of para-hydroxylation sites is 1. The minimum Gasteiger partial charge on any atom is -0.358 e. The zero-order valence-electron chi connectivity index (χ0n) is 18.3. The van der Waals surface area contributed by atoms with Crippen molar-refractivity contribution < 1.29 is 0 Å². The van der Waals surface area contributed by atoms with Crippen molar-refractivity contribution in [3.05, 3.63) is 83.6 Å². The Morgan fingerprint density at radius 3 is 2.61 bits per heavy atom. The van der Waals surface area contributed by atoms with Crippen LogP contribution in [0.25, 0.3) is 10.9 Å². The van der Waals surface area contributed by atoms with E-state index in [1.165, 1.54) is 22.2 Å². The summed E-state index contributed by atoms with van der Waals surface area (Å²) in [5.41, 5.74) is 3.58. The molecular formula is C24H29N7. The predicted octanol–water partition coefficient (Wildman–Crippen LogP) is 3.64. The lowest BCUT2D eigenvalue weighted by Gasteiger charge is -2.18. The number of fused-ring (bicyclic) bond motifs is 1. The molecule has 0 radical (unpaired) electrons. The molecule has 0 aliphatic carbocycles. The molecule has 7 heteroatoms. The zero-order chi connectivity index (χ0) is 21.6. The summed E-state index contributed by atoms with van der Waals surface area (Å²) in [4.78, 5) is 8.25. The zero-order valence-corrected chi connectivity index (χ0v) is 18.3. The van der Waals surface area contributed by atoms with Crippen molar-refractivity contribution in [3.63, 3.8) is 0 Å². The van der Waals surface area contributed by atoms with E-state index in [9.17, 15) is 0 Å². The van der Waals surface area contributed by atoms with Crippen molar-refractivity contribution in [2.45, 2.75) is 32.9 Å². The first-order valence-corrected chi connectivity index (χ1v) is 10.6. The fourth-order valence-electron chi connectivity index (χ4n) is 3.50. The van der Waals surface area contributed by atoms with E-state index < -0.39 is 0 Å². The van der Waals surface area contributed by atoms with Gasteiger partial charge in [-0.25, -0.2) is 4.99 Å². The van der Waals surface area contributed by atoms with Crippen LogP contribution in [-0.2, 0) is 20.0 Å². The van der Waals surface area contributed by atoms with Crippen molar-refractivity contribution in [1.82, 2.24) is 30.4 Å². The molecule has 160 valence electrons. The first-order chi connectivity index (χ1) is 15.1. The highest BCUT2D eigenvalue weighted by molar-refractivity contribution is 5.81. The minimum absolute atomic E-state index is 0.127. The Morgan fingerprint density at radius 2 is 1.87 bits per heavy atom. The summed E-state index contributed by atoms with van der Waals surface area (Å²) in [7, 11) is 1.96. The van der Waals surface area contributed by atoms with E-state index in [-0.39, 0.29) is 6.04 Å². The molecule has 4 rings (SSSR count). The van der Waals surface area contributed by atoms with Gasteiger partial charge < -0.3 is 20.2 Å². The Morgan fingerprint density at radius 1 is 1.10 bits per heavy atom. The molecule has 31 heavy (non-hydrogen) atoms. The third kappa shape index (κ3) is 5.12. The SMILES string of the molecule is Cc1nnc(CN=C(NCCc2cc3ccccc3[nH]2)NC(C)c2ccccc2)n1C. The summed E-state index contributed by atoms with van der Waals surface area (Å²) in [6.07, 6.45) is 0.873. The summed E-state index contributed by atoms with van der Waals surface area (Å²) in [6.45, 7) is 5.30. The second kappa shape index (κ2) is 9.47. The van der Waals surface area contributed by atoms with Crippen molar-refractivity contribution in [2.24, 2.45) is 12.0 Å². The van der Waals surface area contributed by atoms with E-state index in [2.05, 4.69) is 87.3 Å². The number of guanidine groups is 1. The van der Waals surface area contributed by atoms with Crippen LogP contribution in [0.2, 0.25) is 0 Å². The van der Waals surface area contributed by atoms with E-state index in [1.54, 1.807) is 0 Å². The van der Waals surface area contributed by atoms with Crippen LogP contribution in [0.4, 0.5) is 0 Å². The van der Waals surface area contributed by atoms with Crippen molar-refractivity contribution >= 4 is 16.9 Å². The topological polar surface area (TPSA) is 82.9 Å². The molecule has 0 saturated carbocycles. The molecule has 3 N–H and O–H groups in total. The van der Waals surface area contributed by atoms with E-state index in [0.717, 1.165) is 30.6 Å². The number of aromatic nitrogens is 4. The Balaban J connectivity index is 1.44. The normalized spacial score (nSPS) is 12.8. The summed E-state index contributed by atoms with van der Waals surface area (Å²) in [6, 6.07) is 21.0. The van der Waals surface area contributed by atoms with E-state index in [4.69, 9.17) is 4.99 Å². The number of rotatable bonds is 7. The molecule has 1 unspecified atom stereocenters. The largest absolute Gasteiger partial charge is 0.358 e. The lowest BCUT2D eigenvalue weighted by atomic mass is 10.1. The maximum Gasteiger partial charge on any atom is 0.192 e. The molecule has 1 atom stereocenters. The fourth-order valence-corrected chi connectivity index (χ4v) is 3.50. The van der Waals surface area contributed by atoms with Gasteiger partial charge in [-0.1, -0.05) is 48.5 Å². The molecule has 4 aromatic rings. The fraction of sp³-hybridized carbons (Fsp3) is 0.292. The number of hydrogen-bond acceptors (Lipinski definition) is 3. The average Bonchev–Trinajstić information content (AvgIpc) is 3.35. The van der Waals surface area contributed by atoms with Crippen molar-refractivity contribution in [2.75, 3.05) is 6.54 Å². The first kappa shape index (κ1) is 20.7. The lowest BCUT2D eigenvalue weighted by molar-refractivity contribution is 0.674. The Bertz CT molecular complexity index is 1120. The number of aromatic amines is 1. The van der Waals surface area contributed by atoms with Gasteiger partial charge in [0.2, 0.25) is 0 Å². The molecule has 7 nitrogen and oxygen atoms in total. The quantitative estimate of drug-likeness (QED) is 0.318. The van der Waals surface area contributed by atoms with Crippen LogP contribution in [0.1, 0.15) is 35.9 Å². The van der Waals surface area contributed by atoms with Gasteiger partial charge in [0.25, 0.3) is 0 Å². The third-order valence-corrected chi connectivity index (χ3v) is 5.49. The van der Waals surface area contributed by atoms with Crippen molar-refractivity contribution in [1.29, 1.82) is 0 Å². The first-order valence-electron chi connectivity index (χ1n) is 10.6. The van der Waals surface area contributed by atoms with Gasteiger partial charge >= 0.3 is 0 Å². The van der Waals surface area contributed by atoms with Gasteiger partial charge in [0.05, 0.1) is 6.04 Å². The molecule has 0 aliphatic rings. The van der Waals surface area contributed by atoms with Crippen LogP contribution < -0.4 is 10.6 Å². The molecular weight excluding hydrogens is 386 g/mol. The van der Waals surface area contributed by atoms with E-state index >= 15 is 0 Å². The number of aryl methyl sites for hydroxylation is 1. The number of benzene rings is 2. The van der Waals surface area contributed by atoms with Gasteiger partial charge in [0.1, 0.15) is 12.4 Å². The summed E-state index contributed by atoms with van der Waals surface area (Å²) >= 11 is 0. The monoisotopic (exact) mass is 415 g/mol. The lowest BCUT2D eigenvalue weighted by Crippen LogP contribution is -2.39. The predicted molar refractivity (Wildman–Crippen MR) is 125 cm³/mol. The second-order valence-corrected chi connectivity index (χ2v) is 7.72. The van der Waals surface area contributed by atoms with Gasteiger partial charge in [0, 0.05) is 31.2 Å². The molecule has 0 saturated heterocycles. The summed E-state index contributed by atoms with van der Waals surface area (Å²) in [5.74, 6) is 2.47. The molecule has 0 amide bonds. The number of hydrogen-bond donors (Lipinski definition) is 3. The van der Waals surface area contributed by atoms with Gasteiger partial charge in [-0.2, -0.15) is 0 Å². The number of H-pyrrole nitrogens is 1. The molecule has 0 fully saturated rings. The number of nitrogens with zero attached hydrogens (tertiary/aromatic N) is 4. The van der Waals surface area contributed by atoms with Crippen LogP contribution in [0.3, 0.4) is 0 Å². The minimum atomic E-state index is 0.127. The molecule has 0 aliphatic heterocycles. The highest BCUT2D eigenvalue weighted by atomic mass is 15.3. The molecule has 2 aromatic carbocycles. The number of nitrogens with one attached hydrogen (secondary N) is 3. The van der Waals surface area contributed by atoms with Gasteiger partial charge in [0.15, 0.2) is 11.8 Å². The highest BCUT2D eigenvalue weighted by Gasteiger charge is 2.10. The highest BCUT2D eigenvalue weighted by Crippen LogP contribution is 2.15. The van der Waals surface area contributed by atoms with Gasteiger partial charge in [-0.3, -0.25) is 0 Å². The maximum absolute atomic E-state index is 4.77. The summed E-state index contributed by atoms with van der Waals surface area (Å²) < 4.78 is 1.96. The smallest absolute Gasteiger partial charge is 0.192 e. The maximum atomic E-state index is 4.77. The van der Waals surface area contributed by atoms with Crippen LogP contribution in [0.15, 0.2) is 65.7 Å². The van der Waals surface area contributed by atoms with Crippen molar-refractivity contribution in [3.8, 4) is 0 Å². The third-order valence-electron chi connectivity index (χ3n) is 5.49. The van der Waals surface area contributed by atoms with E-state index in [1.807, 2.05) is 24.6 Å². The van der Waals surface area contributed by atoms with Crippen LogP contribution in [-0.4, -0.2) is 32.3 Å². The van der Waals surface area contributed by atoms with Crippen LogP contribution in [0.5, 0.6) is 0 Å². The Labute approximate surface area is 182 Å². The standard InChI is InChI=1S/C24H29N7/c1-17(19-9-5-4-6-10-19)27-24(26-16-23-30-29-18(2)31(23)3)25-14-13-21-15-20-11-7-8-12-22(20)28-21/h4-12,15,17,28H,13-14,16H2,1-3H3,(H2,25,26,27).